The Balaban J connectivity index is 0.000000495. The fourth-order valence-corrected chi connectivity index (χ4v) is 4.21. The van der Waals surface area contributed by atoms with Gasteiger partial charge in [0.2, 0.25) is 0 Å². The number of hydrogen-bond acceptors (Lipinski definition) is 0. The molecule has 0 unspecified atom stereocenters. The van der Waals surface area contributed by atoms with E-state index >= 15 is 0 Å². The Kier molecular flexibility index (Phi) is 5.37. The Bertz CT molecular complexity index is 1080. The van der Waals surface area contributed by atoms with E-state index in [1.54, 1.807) is 0 Å². The molecule has 0 fully saturated rings. The van der Waals surface area contributed by atoms with Gasteiger partial charge in [0.1, 0.15) is 0 Å². The molecule has 4 aromatic rings. The average Bonchev–Trinajstić information content (AvgIpc) is 2.74. The van der Waals surface area contributed by atoms with Gasteiger partial charge in [-0.25, -0.2) is 0 Å². The van der Waals surface area contributed by atoms with E-state index in [2.05, 4.69) is 86.6 Å². The highest BCUT2D eigenvalue weighted by molar-refractivity contribution is 6.05. The van der Waals surface area contributed by atoms with Crippen molar-refractivity contribution in [2.24, 2.45) is 0 Å². The predicted octanol–water partition coefficient (Wildman–Crippen LogP) is 8.35. The highest BCUT2D eigenvalue weighted by atomic mass is 14.4. The minimum absolute atomic E-state index is 0.0211. The highest BCUT2D eigenvalue weighted by Crippen LogP contribution is 2.49. The molecule has 0 amide bonds. The molecule has 1 aliphatic rings. The van der Waals surface area contributed by atoms with E-state index in [1.165, 1.54) is 43.8 Å². The second-order valence-corrected chi connectivity index (χ2v) is 7.08. The van der Waals surface area contributed by atoms with Gasteiger partial charge in [-0.2, -0.15) is 0 Å². The zero-order valence-electron chi connectivity index (χ0n) is 17.4. The van der Waals surface area contributed by atoms with Crippen LogP contribution in [0.3, 0.4) is 0 Å². The van der Waals surface area contributed by atoms with Crippen LogP contribution in [0.5, 0.6) is 0 Å². The standard InChI is InChI=1S/C23H18.2C2H6/c1-23(2)20-12-6-10-15-9-5-11-18(22(15)20)19-13-16-7-3-4-8-17(16)14-21(19)23;2*1-2/h3-14H,1-2H3;2*1-2H3. The highest BCUT2D eigenvalue weighted by Gasteiger charge is 2.33. The topological polar surface area (TPSA) is 0 Å². The summed E-state index contributed by atoms with van der Waals surface area (Å²) >= 11 is 0. The molecule has 0 N–H and O–H groups in total. The molecule has 0 spiro atoms. The molecule has 0 atom stereocenters. The molecule has 4 aromatic carbocycles. The van der Waals surface area contributed by atoms with Crippen LogP contribution in [0.25, 0.3) is 32.7 Å². The van der Waals surface area contributed by atoms with Gasteiger partial charge >= 0.3 is 0 Å². The van der Waals surface area contributed by atoms with Crippen molar-refractivity contribution >= 4 is 21.5 Å². The summed E-state index contributed by atoms with van der Waals surface area (Å²) in [5, 5.41) is 5.40. The van der Waals surface area contributed by atoms with Crippen LogP contribution in [-0.4, -0.2) is 0 Å². The first-order valence-electron chi connectivity index (χ1n) is 10.2. The van der Waals surface area contributed by atoms with Gasteiger partial charge in [-0.1, -0.05) is 102 Å². The van der Waals surface area contributed by atoms with Crippen molar-refractivity contribution in [3.8, 4) is 11.1 Å². The van der Waals surface area contributed by atoms with Crippen molar-refractivity contribution < 1.29 is 0 Å². The molecule has 27 heavy (non-hydrogen) atoms. The van der Waals surface area contributed by atoms with Gasteiger partial charge in [-0.3, -0.25) is 0 Å². The lowest BCUT2D eigenvalue weighted by atomic mass is 9.68. The maximum Gasteiger partial charge on any atom is 0.0159 e. The largest absolute Gasteiger partial charge is 0.0683 e. The third kappa shape index (κ3) is 2.94. The van der Waals surface area contributed by atoms with Crippen LogP contribution >= 0.6 is 0 Å². The van der Waals surface area contributed by atoms with Gasteiger partial charge in [-0.15, -0.1) is 0 Å². The minimum atomic E-state index is 0.0211. The van der Waals surface area contributed by atoms with Gasteiger partial charge in [0.05, 0.1) is 0 Å². The Hall–Kier alpha value is -2.60. The number of hydrogen-bond donors (Lipinski definition) is 0. The van der Waals surface area contributed by atoms with Crippen LogP contribution < -0.4 is 0 Å². The van der Waals surface area contributed by atoms with Crippen LogP contribution in [0.2, 0.25) is 0 Å². The summed E-state index contributed by atoms with van der Waals surface area (Å²) in [6.45, 7) is 12.7. The lowest BCUT2D eigenvalue weighted by Gasteiger charge is -2.35. The van der Waals surface area contributed by atoms with Gasteiger partial charge in [0, 0.05) is 5.41 Å². The molecule has 0 nitrogen and oxygen atoms in total. The summed E-state index contributed by atoms with van der Waals surface area (Å²) in [5.74, 6) is 0. The molecule has 0 aliphatic heterocycles. The SMILES string of the molecule is CC.CC.CC1(C)c2cc3ccccc3cc2-c2cccc3cccc1c23. The summed E-state index contributed by atoms with van der Waals surface area (Å²) in [7, 11) is 0. The number of benzene rings is 4. The zero-order valence-corrected chi connectivity index (χ0v) is 17.4. The number of fused-ring (bicyclic) bond motifs is 3. The van der Waals surface area contributed by atoms with E-state index in [4.69, 9.17) is 0 Å². The molecular formula is C27H30. The quantitative estimate of drug-likeness (QED) is 0.297. The van der Waals surface area contributed by atoms with E-state index in [9.17, 15) is 0 Å². The third-order valence-corrected chi connectivity index (χ3v) is 5.43. The maximum atomic E-state index is 2.39. The molecule has 0 saturated heterocycles. The first-order valence-corrected chi connectivity index (χ1v) is 10.2. The van der Waals surface area contributed by atoms with Crippen molar-refractivity contribution in [3.05, 3.63) is 83.9 Å². The maximum absolute atomic E-state index is 2.39. The van der Waals surface area contributed by atoms with Gasteiger partial charge in [0.15, 0.2) is 0 Å². The number of rotatable bonds is 0. The van der Waals surface area contributed by atoms with E-state index < -0.39 is 0 Å². The summed E-state index contributed by atoms with van der Waals surface area (Å²) < 4.78 is 0. The second kappa shape index (κ2) is 7.56. The van der Waals surface area contributed by atoms with E-state index in [0.29, 0.717) is 0 Å². The van der Waals surface area contributed by atoms with Crippen molar-refractivity contribution in [3.63, 3.8) is 0 Å². The molecule has 0 saturated carbocycles. The monoisotopic (exact) mass is 354 g/mol. The van der Waals surface area contributed by atoms with Crippen molar-refractivity contribution in [1.29, 1.82) is 0 Å². The first kappa shape index (κ1) is 19.2. The van der Waals surface area contributed by atoms with E-state index in [-0.39, 0.29) is 5.41 Å². The summed E-state index contributed by atoms with van der Waals surface area (Å²) in [5.41, 5.74) is 5.65. The second-order valence-electron chi connectivity index (χ2n) is 7.08. The zero-order chi connectivity index (χ0) is 19.6. The summed E-state index contributed by atoms with van der Waals surface area (Å²) in [4.78, 5) is 0. The summed E-state index contributed by atoms with van der Waals surface area (Å²) in [6, 6.07) is 26.8. The van der Waals surface area contributed by atoms with Gasteiger partial charge in [0.25, 0.3) is 0 Å². The average molecular weight is 355 g/mol. The third-order valence-electron chi connectivity index (χ3n) is 5.43. The molecular weight excluding hydrogens is 324 g/mol. The molecule has 0 bridgehead atoms. The smallest absolute Gasteiger partial charge is 0.0159 e. The van der Waals surface area contributed by atoms with E-state index in [0.717, 1.165) is 0 Å². The van der Waals surface area contributed by atoms with Crippen LogP contribution in [0.4, 0.5) is 0 Å². The molecule has 0 aromatic heterocycles. The Labute approximate surface area is 163 Å². The predicted molar refractivity (Wildman–Crippen MR) is 122 cm³/mol. The van der Waals surface area contributed by atoms with E-state index in [1.807, 2.05) is 27.7 Å². The van der Waals surface area contributed by atoms with Crippen LogP contribution in [0.1, 0.15) is 52.7 Å². The van der Waals surface area contributed by atoms with Crippen molar-refractivity contribution in [2.45, 2.75) is 47.0 Å². The molecule has 5 rings (SSSR count). The summed E-state index contributed by atoms with van der Waals surface area (Å²) in [6.07, 6.45) is 0. The Morgan fingerprint density at radius 3 is 1.74 bits per heavy atom. The van der Waals surface area contributed by atoms with Crippen LogP contribution in [0.15, 0.2) is 72.8 Å². The molecule has 0 heterocycles. The van der Waals surface area contributed by atoms with Crippen LogP contribution in [0, 0.1) is 0 Å². The minimum Gasteiger partial charge on any atom is -0.0683 e. The normalized spacial score (nSPS) is 13.1. The van der Waals surface area contributed by atoms with Gasteiger partial charge < -0.3 is 0 Å². The lowest BCUT2D eigenvalue weighted by molar-refractivity contribution is 0.646. The van der Waals surface area contributed by atoms with Crippen molar-refractivity contribution in [2.75, 3.05) is 0 Å². The Morgan fingerprint density at radius 1 is 0.519 bits per heavy atom. The molecule has 0 heteroatoms. The molecule has 1 aliphatic carbocycles. The fourth-order valence-electron chi connectivity index (χ4n) is 4.21. The lowest BCUT2D eigenvalue weighted by Crippen LogP contribution is -2.23. The van der Waals surface area contributed by atoms with Crippen LogP contribution in [-0.2, 0) is 5.41 Å². The first-order chi connectivity index (χ1) is 13.2. The van der Waals surface area contributed by atoms with Gasteiger partial charge in [-0.05, 0) is 55.9 Å². The Morgan fingerprint density at radius 2 is 1.07 bits per heavy atom. The fraction of sp³-hybridized carbons (Fsp3) is 0.259. The molecule has 0 radical (unpaired) electrons. The van der Waals surface area contributed by atoms with Crippen molar-refractivity contribution in [1.82, 2.24) is 0 Å². The molecule has 138 valence electrons.